The van der Waals surface area contributed by atoms with Crippen LogP contribution in [0.25, 0.3) is 0 Å². The topological polar surface area (TPSA) is 75.6 Å². The third-order valence-electron chi connectivity index (χ3n) is 3.40. The molecule has 5 heteroatoms. The predicted octanol–water partition coefficient (Wildman–Crippen LogP) is 2.30. The van der Waals surface area contributed by atoms with Crippen LogP contribution < -0.4 is 10.1 Å². The lowest BCUT2D eigenvalue weighted by Crippen LogP contribution is -2.41. The number of carbonyl (C=O) groups excluding carboxylic acids is 1. The summed E-state index contributed by atoms with van der Waals surface area (Å²) in [5.41, 5.74) is 0.604. The van der Waals surface area contributed by atoms with Gasteiger partial charge in [0, 0.05) is 11.8 Å². The number of aliphatic carboxylic acids is 1. The summed E-state index contributed by atoms with van der Waals surface area (Å²) in [5.74, 6) is -1.52. The summed E-state index contributed by atoms with van der Waals surface area (Å²) >= 11 is 0. The molecule has 0 heterocycles. The monoisotopic (exact) mass is 275 g/mol. The van der Waals surface area contributed by atoms with Gasteiger partial charge in [-0.05, 0) is 25.0 Å². The molecule has 106 valence electrons. The van der Waals surface area contributed by atoms with Gasteiger partial charge in [0.1, 0.15) is 12.4 Å². The van der Waals surface area contributed by atoms with E-state index in [0.717, 1.165) is 0 Å². The number of ether oxygens (including phenoxy) is 1. The Bertz CT molecular complexity index is 526. The van der Waals surface area contributed by atoms with E-state index < -0.39 is 17.8 Å². The van der Waals surface area contributed by atoms with Gasteiger partial charge in [0.25, 0.3) is 0 Å². The van der Waals surface area contributed by atoms with Crippen LogP contribution in [-0.2, 0) is 9.59 Å². The Morgan fingerprint density at radius 1 is 1.40 bits per heavy atom. The second-order valence-electron chi connectivity index (χ2n) is 4.75. The van der Waals surface area contributed by atoms with Gasteiger partial charge in [-0.3, -0.25) is 9.59 Å². The molecule has 2 atom stereocenters. The number of carbonyl (C=O) groups is 2. The molecule has 1 amide bonds. The van der Waals surface area contributed by atoms with Gasteiger partial charge in [-0.25, -0.2) is 0 Å². The van der Waals surface area contributed by atoms with Crippen molar-refractivity contribution in [2.45, 2.75) is 12.8 Å². The molecule has 1 aromatic carbocycles. The van der Waals surface area contributed by atoms with Crippen molar-refractivity contribution in [2.24, 2.45) is 11.8 Å². The first kappa shape index (κ1) is 14.1. The van der Waals surface area contributed by atoms with Crippen LogP contribution in [0.3, 0.4) is 0 Å². The lowest BCUT2D eigenvalue weighted by Gasteiger charge is -2.31. The fraction of sp³-hybridized carbons (Fsp3) is 0.333. The minimum absolute atomic E-state index is 0.246. The number of hydrogen-bond acceptors (Lipinski definition) is 3. The summed E-state index contributed by atoms with van der Waals surface area (Å²) in [6.07, 6.45) is 2.82. The Morgan fingerprint density at radius 2 is 2.15 bits per heavy atom. The second kappa shape index (κ2) is 6.23. The number of carboxylic acid groups (broad SMARTS) is 1. The first-order valence-corrected chi connectivity index (χ1v) is 6.49. The summed E-state index contributed by atoms with van der Waals surface area (Å²) in [6, 6.07) is 7.00. The highest BCUT2D eigenvalue weighted by atomic mass is 16.5. The third-order valence-corrected chi connectivity index (χ3v) is 3.40. The lowest BCUT2D eigenvalue weighted by atomic mass is 9.73. The largest absolute Gasteiger partial charge is 0.489 e. The van der Waals surface area contributed by atoms with E-state index in [0.29, 0.717) is 30.9 Å². The maximum Gasteiger partial charge on any atom is 0.307 e. The average Bonchev–Trinajstić information content (AvgIpc) is 2.34. The van der Waals surface area contributed by atoms with Crippen molar-refractivity contribution in [3.05, 3.63) is 36.9 Å². The number of nitrogens with one attached hydrogen (secondary N) is 1. The molecule has 1 fully saturated rings. The first-order chi connectivity index (χ1) is 9.61. The molecule has 1 saturated carbocycles. The molecule has 5 nitrogen and oxygen atoms in total. The molecule has 1 aliphatic rings. The van der Waals surface area contributed by atoms with E-state index in [9.17, 15) is 9.59 Å². The number of benzene rings is 1. The molecule has 2 N–H and O–H groups in total. The van der Waals surface area contributed by atoms with Crippen LogP contribution in [0, 0.1) is 11.8 Å². The number of carboxylic acids is 1. The Kier molecular flexibility index (Phi) is 4.40. The zero-order valence-electron chi connectivity index (χ0n) is 11.0. The van der Waals surface area contributed by atoms with E-state index in [1.165, 1.54) is 0 Å². The fourth-order valence-corrected chi connectivity index (χ4v) is 2.16. The van der Waals surface area contributed by atoms with Crippen LogP contribution in [-0.4, -0.2) is 23.6 Å². The summed E-state index contributed by atoms with van der Waals surface area (Å²) in [7, 11) is 0. The van der Waals surface area contributed by atoms with Crippen molar-refractivity contribution >= 4 is 17.6 Å². The summed E-state index contributed by atoms with van der Waals surface area (Å²) in [6.45, 7) is 3.95. The van der Waals surface area contributed by atoms with E-state index in [4.69, 9.17) is 9.84 Å². The van der Waals surface area contributed by atoms with E-state index in [2.05, 4.69) is 11.9 Å². The van der Waals surface area contributed by atoms with E-state index >= 15 is 0 Å². The molecular formula is C15H17NO4. The minimum Gasteiger partial charge on any atom is -0.489 e. The van der Waals surface area contributed by atoms with Crippen molar-refractivity contribution in [3.63, 3.8) is 0 Å². The number of hydrogen-bond donors (Lipinski definition) is 2. The number of anilines is 1. The van der Waals surface area contributed by atoms with Crippen molar-refractivity contribution < 1.29 is 19.4 Å². The molecule has 2 unspecified atom stereocenters. The fourth-order valence-electron chi connectivity index (χ4n) is 2.16. The summed E-state index contributed by atoms with van der Waals surface area (Å²) < 4.78 is 5.37. The summed E-state index contributed by atoms with van der Waals surface area (Å²) in [5, 5.41) is 11.7. The van der Waals surface area contributed by atoms with Crippen LogP contribution in [0.15, 0.2) is 36.9 Å². The van der Waals surface area contributed by atoms with E-state index in [-0.39, 0.29) is 5.91 Å². The molecule has 0 radical (unpaired) electrons. The molecule has 0 bridgehead atoms. The zero-order valence-corrected chi connectivity index (χ0v) is 11.0. The number of rotatable bonds is 6. The minimum atomic E-state index is -0.903. The third kappa shape index (κ3) is 3.17. The standard InChI is InChI=1S/C15H17NO4/c1-2-8-20-11-5-3-4-10(9-11)16-14(17)12-6-7-13(12)15(18)19/h2-5,9,12-13H,1,6-8H2,(H,16,17)(H,18,19). The lowest BCUT2D eigenvalue weighted by molar-refractivity contribution is -0.151. The number of amides is 1. The molecule has 0 aliphatic heterocycles. The van der Waals surface area contributed by atoms with Crippen molar-refractivity contribution in [1.29, 1.82) is 0 Å². The van der Waals surface area contributed by atoms with Crippen LogP contribution in [0.5, 0.6) is 5.75 Å². The Labute approximate surface area is 117 Å². The molecule has 0 aromatic heterocycles. The predicted molar refractivity (Wildman–Crippen MR) is 74.6 cm³/mol. The van der Waals surface area contributed by atoms with E-state index in [1.54, 1.807) is 30.3 Å². The van der Waals surface area contributed by atoms with Crippen LogP contribution in [0.1, 0.15) is 12.8 Å². The van der Waals surface area contributed by atoms with Crippen LogP contribution in [0.2, 0.25) is 0 Å². The van der Waals surface area contributed by atoms with Crippen molar-refractivity contribution in [3.8, 4) is 5.75 Å². The zero-order chi connectivity index (χ0) is 14.5. The normalized spacial score (nSPS) is 20.6. The maximum absolute atomic E-state index is 12.0. The van der Waals surface area contributed by atoms with Crippen LogP contribution >= 0.6 is 0 Å². The van der Waals surface area contributed by atoms with Crippen molar-refractivity contribution in [2.75, 3.05) is 11.9 Å². The maximum atomic E-state index is 12.0. The van der Waals surface area contributed by atoms with Gasteiger partial charge < -0.3 is 15.2 Å². The van der Waals surface area contributed by atoms with Gasteiger partial charge >= 0.3 is 5.97 Å². The Balaban J connectivity index is 1.97. The van der Waals surface area contributed by atoms with Gasteiger partial charge in [0.15, 0.2) is 0 Å². The summed E-state index contributed by atoms with van der Waals surface area (Å²) in [4.78, 5) is 22.9. The van der Waals surface area contributed by atoms with Crippen molar-refractivity contribution in [1.82, 2.24) is 0 Å². The van der Waals surface area contributed by atoms with Gasteiger partial charge in [-0.15, -0.1) is 0 Å². The first-order valence-electron chi connectivity index (χ1n) is 6.49. The smallest absolute Gasteiger partial charge is 0.307 e. The molecule has 1 aliphatic carbocycles. The highest BCUT2D eigenvalue weighted by Crippen LogP contribution is 2.35. The Hall–Kier alpha value is -2.30. The molecule has 2 rings (SSSR count). The van der Waals surface area contributed by atoms with Gasteiger partial charge in [-0.1, -0.05) is 18.7 Å². The molecule has 20 heavy (non-hydrogen) atoms. The molecule has 1 aromatic rings. The van der Waals surface area contributed by atoms with Crippen LogP contribution in [0.4, 0.5) is 5.69 Å². The van der Waals surface area contributed by atoms with E-state index in [1.807, 2.05) is 0 Å². The van der Waals surface area contributed by atoms with Gasteiger partial charge in [0.2, 0.25) is 5.91 Å². The second-order valence-corrected chi connectivity index (χ2v) is 4.75. The average molecular weight is 275 g/mol. The molecular weight excluding hydrogens is 258 g/mol. The Morgan fingerprint density at radius 3 is 2.75 bits per heavy atom. The quantitative estimate of drug-likeness (QED) is 0.781. The SMILES string of the molecule is C=CCOc1cccc(NC(=O)C2CCC2C(=O)O)c1. The van der Waals surface area contributed by atoms with Gasteiger partial charge in [-0.2, -0.15) is 0 Å². The highest BCUT2D eigenvalue weighted by molar-refractivity contribution is 5.96. The highest BCUT2D eigenvalue weighted by Gasteiger charge is 2.41. The van der Waals surface area contributed by atoms with Gasteiger partial charge in [0.05, 0.1) is 11.8 Å². The molecule has 0 spiro atoms. The molecule has 0 saturated heterocycles.